The first-order valence-electron chi connectivity index (χ1n) is 9.91. The fourth-order valence-corrected chi connectivity index (χ4v) is 4.47. The van der Waals surface area contributed by atoms with Gasteiger partial charge in [-0.15, -0.1) is 0 Å². The first kappa shape index (κ1) is 19.5. The van der Waals surface area contributed by atoms with Crippen LogP contribution in [0.4, 0.5) is 5.69 Å². The highest BCUT2D eigenvalue weighted by Gasteiger charge is 2.24. The molecule has 0 saturated carbocycles. The summed E-state index contributed by atoms with van der Waals surface area (Å²) < 4.78 is 0. The van der Waals surface area contributed by atoms with Crippen LogP contribution >= 0.6 is 11.8 Å². The number of anilines is 1. The average molecular weight is 404 g/mol. The van der Waals surface area contributed by atoms with Gasteiger partial charge in [0.2, 0.25) is 0 Å². The second-order valence-electron chi connectivity index (χ2n) is 7.32. The maximum Gasteiger partial charge on any atom is 0.256 e. The first-order chi connectivity index (χ1) is 14.1. The highest BCUT2D eigenvalue weighted by Crippen LogP contribution is 2.30. The summed E-state index contributed by atoms with van der Waals surface area (Å²) in [6.45, 7) is 7.34. The van der Waals surface area contributed by atoms with E-state index in [9.17, 15) is 4.79 Å². The van der Waals surface area contributed by atoms with E-state index in [-0.39, 0.29) is 5.91 Å². The molecule has 2 aromatic carbocycles. The van der Waals surface area contributed by atoms with Gasteiger partial charge in [-0.05, 0) is 61.4 Å². The minimum Gasteiger partial charge on any atom is -0.368 e. The summed E-state index contributed by atoms with van der Waals surface area (Å²) in [7, 11) is 0. The third-order valence-electron chi connectivity index (χ3n) is 5.38. The predicted molar refractivity (Wildman–Crippen MR) is 119 cm³/mol. The number of hydrogen-bond donors (Lipinski definition) is 0. The van der Waals surface area contributed by atoms with E-state index < -0.39 is 0 Å². The van der Waals surface area contributed by atoms with E-state index in [0.29, 0.717) is 5.56 Å². The number of carbonyl (C=O) groups excluding carboxylic acids is 1. The number of piperazine rings is 1. The summed E-state index contributed by atoms with van der Waals surface area (Å²) in [4.78, 5) is 23.1. The molecule has 4 nitrogen and oxygen atoms in total. The van der Waals surface area contributed by atoms with Crippen LogP contribution in [0.1, 0.15) is 21.5 Å². The van der Waals surface area contributed by atoms with Crippen LogP contribution < -0.4 is 4.90 Å². The molecular formula is C24H25N3OS. The van der Waals surface area contributed by atoms with E-state index in [0.717, 1.165) is 36.1 Å². The molecule has 3 aromatic rings. The summed E-state index contributed by atoms with van der Waals surface area (Å²) in [6.07, 6.45) is 1.76. The molecule has 0 bridgehead atoms. The van der Waals surface area contributed by atoms with Gasteiger partial charge in [0.05, 0.1) is 5.56 Å². The zero-order chi connectivity index (χ0) is 20.2. The van der Waals surface area contributed by atoms with Gasteiger partial charge in [-0.1, -0.05) is 36.0 Å². The highest BCUT2D eigenvalue weighted by atomic mass is 32.2. The Morgan fingerprint density at radius 3 is 2.38 bits per heavy atom. The Hall–Kier alpha value is -2.79. The maximum atomic E-state index is 13.2. The van der Waals surface area contributed by atoms with E-state index in [1.54, 1.807) is 18.0 Å². The van der Waals surface area contributed by atoms with Crippen LogP contribution in [0, 0.1) is 13.8 Å². The molecule has 0 aliphatic carbocycles. The third-order valence-corrected chi connectivity index (χ3v) is 6.39. The molecule has 2 heterocycles. The van der Waals surface area contributed by atoms with E-state index in [2.05, 4.69) is 66.2 Å². The Kier molecular flexibility index (Phi) is 5.86. The van der Waals surface area contributed by atoms with Crippen LogP contribution in [0.2, 0.25) is 0 Å². The number of aryl methyl sites for hydroxylation is 2. The molecule has 0 N–H and O–H groups in total. The van der Waals surface area contributed by atoms with Crippen molar-refractivity contribution in [3.8, 4) is 0 Å². The molecule has 0 spiro atoms. The number of hydrogen-bond acceptors (Lipinski definition) is 4. The number of para-hydroxylation sites is 1. The SMILES string of the molecule is Cc1ccc(Sc2ncccc2C(=O)N2CCN(c3ccccc3)CC2)cc1C. The average Bonchev–Trinajstić information content (AvgIpc) is 2.77. The van der Waals surface area contributed by atoms with Crippen molar-refractivity contribution < 1.29 is 4.79 Å². The fraction of sp³-hybridized carbons (Fsp3) is 0.250. The molecule has 4 rings (SSSR count). The normalized spacial score (nSPS) is 14.1. The fourth-order valence-electron chi connectivity index (χ4n) is 3.50. The van der Waals surface area contributed by atoms with Gasteiger partial charge >= 0.3 is 0 Å². The van der Waals surface area contributed by atoms with E-state index >= 15 is 0 Å². The second kappa shape index (κ2) is 8.70. The molecule has 1 aliphatic rings. The van der Waals surface area contributed by atoms with Crippen molar-refractivity contribution >= 4 is 23.4 Å². The van der Waals surface area contributed by atoms with Crippen LogP contribution in [0.3, 0.4) is 0 Å². The van der Waals surface area contributed by atoms with Gasteiger partial charge < -0.3 is 9.80 Å². The van der Waals surface area contributed by atoms with Gasteiger partial charge in [0.25, 0.3) is 5.91 Å². The molecule has 1 saturated heterocycles. The van der Waals surface area contributed by atoms with Crippen LogP contribution in [0.25, 0.3) is 0 Å². The summed E-state index contributed by atoms with van der Waals surface area (Å²) >= 11 is 1.56. The van der Waals surface area contributed by atoms with Crippen molar-refractivity contribution in [1.29, 1.82) is 0 Å². The topological polar surface area (TPSA) is 36.4 Å². The molecule has 29 heavy (non-hydrogen) atoms. The van der Waals surface area contributed by atoms with Crippen LogP contribution in [-0.4, -0.2) is 42.0 Å². The lowest BCUT2D eigenvalue weighted by Gasteiger charge is -2.36. The molecule has 148 valence electrons. The van der Waals surface area contributed by atoms with Crippen LogP contribution in [0.5, 0.6) is 0 Å². The summed E-state index contributed by atoms with van der Waals surface area (Å²) in [6, 6.07) is 20.5. The van der Waals surface area contributed by atoms with Gasteiger partial charge in [-0.25, -0.2) is 4.98 Å². The Labute approximate surface area is 176 Å². The molecular weight excluding hydrogens is 378 g/mol. The first-order valence-corrected chi connectivity index (χ1v) is 10.7. The molecule has 5 heteroatoms. The van der Waals surface area contributed by atoms with Crippen LogP contribution in [-0.2, 0) is 0 Å². The van der Waals surface area contributed by atoms with Crippen molar-refractivity contribution in [3.63, 3.8) is 0 Å². The zero-order valence-corrected chi connectivity index (χ0v) is 17.7. The van der Waals surface area contributed by atoms with Crippen molar-refractivity contribution in [2.75, 3.05) is 31.1 Å². The minimum atomic E-state index is 0.0668. The lowest BCUT2D eigenvalue weighted by atomic mass is 10.1. The Bertz CT molecular complexity index is 998. The zero-order valence-electron chi connectivity index (χ0n) is 16.8. The number of pyridine rings is 1. The van der Waals surface area contributed by atoms with Gasteiger partial charge in [0.15, 0.2) is 0 Å². The smallest absolute Gasteiger partial charge is 0.256 e. The molecule has 1 aromatic heterocycles. The Balaban J connectivity index is 1.47. The second-order valence-corrected chi connectivity index (χ2v) is 8.38. The number of rotatable bonds is 4. The van der Waals surface area contributed by atoms with Gasteiger partial charge in [-0.3, -0.25) is 4.79 Å². The molecule has 0 radical (unpaired) electrons. The predicted octanol–water partition coefficient (Wildman–Crippen LogP) is 4.81. The number of benzene rings is 2. The number of nitrogens with zero attached hydrogens (tertiary/aromatic N) is 3. The summed E-state index contributed by atoms with van der Waals surface area (Å²) in [5.74, 6) is 0.0668. The maximum absolute atomic E-state index is 13.2. The molecule has 0 unspecified atom stereocenters. The van der Waals surface area contributed by atoms with Crippen molar-refractivity contribution in [3.05, 3.63) is 83.6 Å². The monoisotopic (exact) mass is 403 g/mol. The molecule has 1 fully saturated rings. The van der Waals surface area contributed by atoms with E-state index in [1.165, 1.54) is 16.8 Å². The highest BCUT2D eigenvalue weighted by molar-refractivity contribution is 7.99. The standard InChI is InChI=1S/C24H25N3OS/c1-18-10-11-21(17-19(18)2)29-23-22(9-6-12-25-23)24(28)27-15-13-26(14-16-27)20-7-4-3-5-8-20/h3-12,17H,13-16H2,1-2H3. The third kappa shape index (κ3) is 4.46. The van der Waals surface area contributed by atoms with E-state index in [4.69, 9.17) is 0 Å². The van der Waals surface area contributed by atoms with Gasteiger partial charge in [0.1, 0.15) is 5.03 Å². The summed E-state index contributed by atoms with van der Waals surface area (Å²) in [5.41, 5.74) is 4.41. The number of amides is 1. The number of aromatic nitrogens is 1. The van der Waals surface area contributed by atoms with Crippen molar-refractivity contribution in [1.82, 2.24) is 9.88 Å². The molecule has 1 amide bonds. The number of carbonyl (C=O) groups is 1. The van der Waals surface area contributed by atoms with Crippen molar-refractivity contribution in [2.45, 2.75) is 23.8 Å². The Morgan fingerprint density at radius 2 is 1.66 bits per heavy atom. The Morgan fingerprint density at radius 1 is 0.897 bits per heavy atom. The molecule has 1 aliphatic heterocycles. The lowest BCUT2D eigenvalue weighted by Crippen LogP contribution is -2.48. The van der Waals surface area contributed by atoms with Crippen LogP contribution in [0.15, 0.2) is 76.8 Å². The molecule has 0 atom stereocenters. The largest absolute Gasteiger partial charge is 0.368 e. The minimum absolute atomic E-state index is 0.0668. The summed E-state index contributed by atoms with van der Waals surface area (Å²) in [5, 5.41) is 0.770. The van der Waals surface area contributed by atoms with Gasteiger partial charge in [0, 0.05) is 43.0 Å². The van der Waals surface area contributed by atoms with Gasteiger partial charge in [-0.2, -0.15) is 0 Å². The quantitative estimate of drug-likeness (QED) is 0.626. The van der Waals surface area contributed by atoms with E-state index in [1.807, 2.05) is 23.1 Å². The lowest BCUT2D eigenvalue weighted by molar-refractivity contribution is 0.0742. The van der Waals surface area contributed by atoms with Crippen molar-refractivity contribution in [2.24, 2.45) is 0 Å².